The van der Waals surface area contributed by atoms with Crippen LogP contribution in [0.25, 0.3) is 0 Å². The summed E-state index contributed by atoms with van der Waals surface area (Å²) in [4.78, 5) is 27.4. The summed E-state index contributed by atoms with van der Waals surface area (Å²) in [6.07, 6.45) is 4.66. The first kappa shape index (κ1) is 16.0. The van der Waals surface area contributed by atoms with E-state index >= 15 is 0 Å². The summed E-state index contributed by atoms with van der Waals surface area (Å²) in [6, 6.07) is 9.27. The van der Waals surface area contributed by atoms with E-state index in [4.69, 9.17) is 0 Å². The lowest BCUT2D eigenvalue weighted by Crippen LogP contribution is -2.36. The van der Waals surface area contributed by atoms with Crippen molar-refractivity contribution in [2.24, 2.45) is 0 Å². The number of anilines is 1. The third-order valence-electron chi connectivity index (χ3n) is 4.05. The second kappa shape index (κ2) is 7.12. The summed E-state index contributed by atoms with van der Waals surface area (Å²) >= 11 is 0. The maximum atomic E-state index is 12.0. The second-order valence-electron chi connectivity index (χ2n) is 5.87. The smallest absolute Gasteiger partial charge is 0.315 e. The standard InChI is InChI=1S/C18H20N4O2/c1-12(21-18(24)20-11-13-3-2-8-19-10-13)14-4-6-16-15(9-14)5-7-17(23)22-16/h2-4,6,8-10,12H,5,7,11H2,1H3,(H,22,23)(H2,20,21,24)/t12-/m0/s1. The highest BCUT2D eigenvalue weighted by Crippen LogP contribution is 2.26. The van der Waals surface area contributed by atoms with Gasteiger partial charge in [-0.05, 0) is 42.2 Å². The van der Waals surface area contributed by atoms with Crippen LogP contribution in [0.2, 0.25) is 0 Å². The Kier molecular flexibility index (Phi) is 4.74. The number of pyridine rings is 1. The number of aromatic nitrogens is 1. The minimum absolute atomic E-state index is 0.0520. The number of nitrogens with one attached hydrogen (secondary N) is 3. The largest absolute Gasteiger partial charge is 0.334 e. The van der Waals surface area contributed by atoms with Crippen molar-refractivity contribution < 1.29 is 9.59 Å². The lowest BCUT2D eigenvalue weighted by Gasteiger charge is -2.20. The lowest BCUT2D eigenvalue weighted by molar-refractivity contribution is -0.116. The molecular formula is C18H20N4O2. The number of carbonyl (C=O) groups excluding carboxylic acids is 2. The molecule has 0 spiro atoms. The third-order valence-corrected chi connectivity index (χ3v) is 4.05. The van der Waals surface area contributed by atoms with Gasteiger partial charge in [-0.25, -0.2) is 4.79 Å². The highest BCUT2D eigenvalue weighted by Gasteiger charge is 2.17. The van der Waals surface area contributed by atoms with Crippen molar-refractivity contribution in [3.05, 3.63) is 59.4 Å². The molecule has 0 radical (unpaired) electrons. The lowest BCUT2D eigenvalue weighted by atomic mass is 9.98. The number of urea groups is 1. The maximum absolute atomic E-state index is 12.0. The van der Waals surface area contributed by atoms with Gasteiger partial charge in [0.2, 0.25) is 5.91 Å². The Labute approximate surface area is 140 Å². The Morgan fingerprint density at radius 3 is 3.00 bits per heavy atom. The number of rotatable bonds is 4. The van der Waals surface area contributed by atoms with Crippen LogP contribution in [0.4, 0.5) is 10.5 Å². The first-order chi connectivity index (χ1) is 11.6. The number of amides is 3. The number of fused-ring (bicyclic) bond motifs is 1. The van der Waals surface area contributed by atoms with E-state index in [0.717, 1.165) is 28.8 Å². The van der Waals surface area contributed by atoms with Crippen molar-refractivity contribution in [3.63, 3.8) is 0 Å². The molecule has 1 aromatic heterocycles. The molecule has 6 nitrogen and oxygen atoms in total. The van der Waals surface area contributed by atoms with Gasteiger partial charge in [-0.2, -0.15) is 0 Å². The predicted octanol–water partition coefficient (Wildman–Crippen LogP) is 2.53. The van der Waals surface area contributed by atoms with Crippen LogP contribution in [0, 0.1) is 0 Å². The van der Waals surface area contributed by atoms with Gasteiger partial charge in [0.1, 0.15) is 0 Å². The average Bonchev–Trinajstić information content (AvgIpc) is 2.60. The first-order valence-corrected chi connectivity index (χ1v) is 7.98. The molecule has 1 atom stereocenters. The van der Waals surface area contributed by atoms with Crippen molar-refractivity contribution in [2.75, 3.05) is 5.32 Å². The van der Waals surface area contributed by atoms with Crippen molar-refractivity contribution >= 4 is 17.6 Å². The van der Waals surface area contributed by atoms with Crippen LogP contribution in [-0.2, 0) is 17.8 Å². The van der Waals surface area contributed by atoms with Gasteiger partial charge in [0.05, 0.1) is 6.04 Å². The van der Waals surface area contributed by atoms with E-state index in [1.54, 1.807) is 12.4 Å². The molecule has 1 aliphatic heterocycles. The maximum Gasteiger partial charge on any atom is 0.315 e. The van der Waals surface area contributed by atoms with Crippen LogP contribution >= 0.6 is 0 Å². The molecule has 0 saturated heterocycles. The van der Waals surface area contributed by atoms with Gasteiger partial charge in [-0.1, -0.05) is 18.2 Å². The van der Waals surface area contributed by atoms with E-state index < -0.39 is 0 Å². The van der Waals surface area contributed by atoms with Gasteiger partial charge >= 0.3 is 6.03 Å². The number of benzene rings is 1. The van der Waals surface area contributed by atoms with Gasteiger partial charge in [0.25, 0.3) is 0 Å². The molecule has 3 rings (SSSR count). The van der Waals surface area contributed by atoms with Crippen molar-refractivity contribution in [1.29, 1.82) is 0 Å². The zero-order chi connectivity index (χ0) is 16.9. The fourth-order valence-corrected chi connectivity index (χ4v) is 2.69. The molecule has 0 fully saturated rings. The van der Waals surface area contributed by atoms with E-state index in [1.807, 2.05) is 37.3 Å². The number of carbonyl (C=O) groups is 2. The van der Waals surface area contributed by atoms with Gasteiger partial charge < -0.3 is 16.0 Å². The molecule has 3 amide bonds. The van der Waals surface area contributed by atoms with Crippen LogP contribution in [0.15, 0.2) is 42.7 Å². The summed E-state index contributed by atoms with van der Waals surface area (Å²) in [7, 11) is 0. The molecular weight excluding hydrogens is 304 g/mol. The molecule has 24 heavy (non-hydrogen) atoms. The zero-order valence-electron chi connectivity index (χ0n) is 13.5. The van der Waals surface area contributed by atoms with Gasteiger partial charge in [0, 0.05) is 31.0 Å². The molecule has 6 heteroatoms. The van der Waals surface area contributed by atoms with E-state index in [-0.39, 0.29) is 18.0 Å². The molecule has 0 bridgehead atoms. The monoisotopic (exact) mass is 324 g/mol. The quantitative estimate of drug-likeness (QED) is 0.808. The topological polar surface area (TPSA) is 83.1 Å². The minimum atomic E-state index is -0.225. The Balaban J connectivity index is 1.57. The SMILES string of the molecule is C[C@H](NC(=O)NCc1cccnc1)c1ccc2c(c1)CCC(=O)N2. The molecule has 0 unspecified atom stereocenters. The molecule has 0 aliphatic carbocycles. The Hall–Kier alpha value is -2.89. The Morgan fingerprint density at radius 2 is 2.21 bits per heavy atom. The number of nitrogens with zero attached hydrogens (tertiary/aromatic N) is 1. The van der Waals surface area contributed by atoms with Crippen LogP contribution in [0.3, 0.4) is 0 Å². The van der Waals surface area contributed by atoms with E-state index in [1.165, 1.54) is 0 Å². The normalized spacial score (nSPS) is 14.3. The number of aryl methyl sites for hydroxylation is 1. The molecule has 2 heterocycles. The van der Waals surface area contributed by atoms with Crippen LogP contribution < -0.4 is 16.0 Å². The van der Waals surface area contributed by atoms with Crippen molar-refractivity contribution in [3.8, 4) is 0 Å². The van der Waals surface area contributed by atoms with Crippen LogP contribution in [0.5, 0.6) is 0 Å². The fourth-order valence-electron chi connectivity index (χ4n) is 2.69. The molecule has 1 aromatic carbocycles. The molecule has 124 valence electrons. The summed E-state index contributed by atoms with van der Waals surface area (Å²) in [5.41, 5.74) is 3.94. The average molecular weight is 324 g/mol. The highest BCUT2D eigenvalue weighted by molar-refractivity contribution is 5.93. The van der Waals surface area contributed by atoms with E-state index in [2.05, 4.69) is 20.9 Å². The number of hydrogen-bond acceptors (Lipinski definition) is 3. The van der Waals surface area contributed by atoms with Gasteiger partial charge in [-0.15, -0.1) is 0 Å². The second-order valence-corrected chi connectivity index (χ2v) is 5.87. The molecule has 1 aliphatic rings. The van der Waals surface area contributed by atoms with Crippen LogP contribution in [0.1, 0.15) is 36.1 Å². The molecule has 0 saturated carbocycles. The van der Waals surface area contributed by atoms with Crippen molar-refractivity contribution in [1.82, 2.24) is 15.6 Å². The predicted molar refractivity (Wildman–Crippen MR) is 91.4 cm³/mol. The van der Waals surface area contributed by atoms with Gasteiger partial charge in [-0.3, -0.25) is 9.78 Å². The highest BCUT2D eigenvalue weighted by atomic mass is 16.2. The molecule has 2 aromatic rings. The molecule has 3 N–H and O–H groups in total. The van der Waals surface area contributed by atoms with E-state index in [0.29, 0.717) is 13.0 Å². The fraction of sp³-hybridized carbons (Fsp3) is 0.278. The van der Waals surface area contributed by atoms with Crippen molar-refractivity contribution in [2.45, 2.75) is 32.4 Å². The summed E-state index contributed by atoms with van der Waals surface area (Å²) in [5.74, 6) is 0.0520. The summed E-state index contributed by atoms with van der Waals surface area (Å²) < 4.78 is 0. The van der Waals surface area contributed by atoms with E-state index in [9.17, 15) is 9.59 Å². The zero-order valence-corrected chi connectivity index (χ0v) is 13.5. The number of hydrogen-bond donors (Lipinski definition) is 3. The Morgan fingerprint density at radius 1 is 1.33 bits per heavy atom. The summed E-state index contributed by atoms with van der Waals surface area (Å²) in [5, 5.41) is 8.61. The van der Waals surface area contributed by atoms with Gasteiger partial charge in [0.15, 0.2) is 0 Å². The summed E-state index contributed by atoms with van der Waals surface area (Å²) in [6.45, 7) is 2.37. The Bertz CT molecular complexity index is 746. The third kappa shape index (κ3) is 3.90. The first-order valence-electron chi connectivity index (χ1n) is 7.98. The minimum Gasteiger partial charge on any atom is -0.334 e. The van der Waals surface area contributed by atoms with Crippen LogP contribution in [-0.4, -0.2) is 16.9 Å².